The fourth-order valence-corrected chi connectivity index (χ4v) is 1.36. The summed E-state index contributed by atoms with van der Waals surface area (Å²) in [6.07, 6.45) is 1.22. The van der Waals surface area contributed by atoms with Crippen LogP contribution in [0, 0.1) is 0 Å². The molecular weight excluding hydrogens is 188 g/mol. The van der Waals surface area contributed by atoms with Crippen LogP contribution in [0.15, 0.2) is 6.20 Å². The molecule has 0 saturated carbocycles. The van der Waals surface area contributed by atoms with E-state index in [1.807, 2.05) is 0 Å². The van der Waals surface area contributed by atoms with E-state index in [4.69, 9.17) is 14.6 Å². The lowest BCUT2D eigenvalue weighted by atomic mass is 10.3. The Morgan fingerprint density at radius 1 is 1.86 bits per heavy atom. The van der Waals surface area contributed by atoms with Crippen LogP contribution in [0.1, 0.15) is 10.4 Å². The lowest BCUT2D eigenvalue weighted by Gasteiger charge is -2.22. The molecule has 2 rings (SSSR count). The fraction of sp³-hybridized carbons (Fsp3) is 0.500. The molecule has 6 nitrogen and oxygen atoms in total. The smallest absolute Gasteiger partial charge is 0.342 e. The maximum atomic E-state index is 10.7. The van der Waals surface area contributed by atoms with E-state index in [-0.39, 0.29) is 11.7 Å². The second kappa shape index (κ2) is 3.30. The van der Waals surface area contributed by atoms with E-state index >= 15 is 0 Å². The van der Waals surface area contributed by atoms with Gasteiger partial charge in [0.1, 0.15) is 18.3 Å². The van der Waals surface area contributed by atoms with Crippen molar-refractivity contribution in [1.82, 2.24) is 9.78 Å². The molecule has 2 heterocycles. The first-order valence-electron chi connectivity index (χ1n) is 4.17. The number of carboxylic acid groups (broad SMARTS) is 1. The number of methoxy groups -OCH3 is 1. The molecule has 0 amide bonds. The standard InChI is InChI=1S/C8H10N2O4/c1-13-5-3-10-7(14-4-5)6(2-9-10)8(11)12/h2,5H,3-4H2,1H3,(H,11,12). The maximum Gasteiger partial charge on any atom is 0.342 e. The molecule has 0 aliphatic carbocycles. The third-order valence-corrected chi connectivity index (χ3v) is 2.14. The first-order chi connectivity index (χ1) is 6.72. The van der Waals surface area contributed by atoms with Crippen LogP contribution in [0.3, 0.4) is 0 Å². The first kappa shape index (κ1) is 9.01. The van der Waals surface area contributed by atoms with Gasteiger partial charge in [0.2, 0.25) is 5.88 Å². The van der Waals surface area contributed by atoms with Crippen LogP contribution in [0.4, 0.5) is 0 Å². The molecule has 1 aliphatic heterocycles. The molecule has 0 aromatic carbocycles. The molecule has 1 aliphatic rings. The van der Waals surface area contributed by atoms with Gasteiger partial charge in [0.15, 0.2) is 0 Å². The molecule has 1 atom stereocenters. The summed E-state index contributed by atoms with van der Waals surface area (Å²) in [5, 5.41) is 12.7. The van der Waals surface area contributed by atoms with Crippen LogP contribution in [0.25, 0.3) is 0 Å². The second-order valence-electron chi connectivity index (χ2n) is 3.02. The molecule has 76 valence electrons. The lowest BCUT2D eigenvalue weighted by molar-refractivity contribution is 0.0170. The summed E-state index contributed by atoms with van der Waals surface area (Å²) in [5.41, 5.74) is 0.0968. The van der Waals surface area contributed by atoms with E-state index < -0.39 is 5.97 Å². The molecule has 0 saturated heterocycles. The van der Waals surface area contributed by atoms with Crippen molar-refractivity contribution in [2.45, 2.75) is 12.6 Å². The van der Waals surface area contributed by atoms with Crippen molar-refractivity contribution in [3.63, 3.8) is 0 Å². The highest BCUT2D eigenvalue weighted by atomic mass is 16.5. The molecular formula is C8H10N2O4. The fourth-order valence-electron chi connectivity index (χ4n) is 1.36. The van der Waals surface area contributed by atoms with Gasteiger partial charge in [-0.25, -0.2) is 9.48 Å². The number of rotatable bonds is 2. The van der Waals surface area contributed by atoms with E-state index in [9.17, 15) is 4.79 Å². The van der Waals surface area contributed by atoms with Gasteiger partial charge >= 0.3 is 5.97 Å². The molecule has 1 unspecified atom stereocenters. The predicted molar refractivity (Wildman–Crippen MR) is 45.5 cm³/mol. The number of hydrogen-bond acceptors (Lipinski definition) is 4. The molecule has 0 radical (unpaired) electrons. The van der Waals surface area contributed by atoms with Crippen LogP contribution in [0.5, 0.6) is 5.88 Å². The van der Waals surface area contributed by atoms with E-state index in [1.165, 1.54) is 10.9 Å². The van der Waals surface area contributed by atoms with Gasteiger partial charge in [-0.1, -0.05) is 0 Å². The quantitative estimate of drug-likeness (QED) is 0.723. The van der Waals surface area contributed by atoms with Gasteiger partial charge < -0.3 is 14.6 Å². The van der Waals surface area contributed by atoms with Crippen molar-refractivity contribution in [3.8, 4) is 5.88 Å². The van der Waals surface area contributed by atoms with Gasteiger partial charge in [-0.05, 0) is 0 Å². The average molecular weight is 198 g/mol. The number of nitrogens with zero attached hydrogens (tertiary/aromatic N) is 2. The molecule has 0 bridgehead atoms. The Morgan fingerprint density at radius 3 is 3.29 bits per heavy atom. The van der Waals surface area contributed by atoms with Crippen LogP contribution in [-0.2, 0) is 11.3 Å². The van der Waals surface area contributed by atoms with Crippen molar-refractivity contribution >= 4 is 5.97 Å². The summed E-state index contributed by atoms with van der Waals surface area (Å²) in [4.78, 5) is 10.7. The number of aromatic carboxylic acids is 1. The van der Waals surface area contributed by atoms with Gasteiger partial charge in [0.05, 0.1) is 12.7 Å². The summed E-state index contributed by atoms with van der Waals surface area (Å²) >= 11 is 0. The van der Waals surface area contributed by atoms with E-state index in [0.29, 0.717) is 19.0 Å². The Labute approximate surface area is 80.0 Å². The number of carbonyl (C=O) groups is 1. The van der Waals surface area contributed by atoms with Crippen LogP contribution in [0.2, 0.25) is 0 Å². The van der Waals surface area contributed by atoms with Crippen LogP contribution >= 0.6 is 0 Å². The normalized spacial score (nSPS) is 19.9. The largest absolute Gasteiger partial charge is 0.477 e. The summed E-state index contributed by atoms with van der Waals surface area (Å²) in [7, 11) is 1.58. The monoisotopic (exact) mass is 198 g/mol. The van der Waals surface area contributed by atoms with Gasteiger partial charge in [0.25, 0.3) is 0 Å². The Balaban J connectivity index is 2.29. The lowest BCUT2D eigenvalue weighted by Crippen LogP contribution is -2.32. The van der Waals surface area contributed by atoms with Crippen molar-refractivity contribution in [3.05, 3.63) is 11.8 Å². The Morgan fingerprint density at radius 2 is 2.64 bits per heavy atom. The molecule has 0 spiro atoms. The summed E-state index contributed by atoms with van der Waals surface area (Å²) < 4.78 is 11.8. The first-order valence-corrected chi connectivity index (χ1v) is 4.17. The Hall–Kier alpha value is -1.56. The molecule has 1 N–H and O–H groups in total. The topological polar surface area (TPSA) is 73.6 Å². The van der Waals surface area contributed by atoms with E-state index in [1.54, 1.807) is 7.11 Å². The number of ether oxygens (including phenoxy) is 2. The molecule has 14 heavy (non-hydrogen) atoms. The minimum atomic E-state index is -1.03. The Bertz CT molecular complexity index is 360. The molecule has 1 aromatic heterocycles. The Kier molecular flexibility index (Phi) is 2.12. The molecule has 1 aromatic rings. The second-order valence-corrected chi connectivity index (χ2v) is 3.02. The number of fused-ring (bicyclic) bond motifs is 1. The third kappa shape index (κ3) is 1.33. The van der Waals surface area contributed by atoms with Crippen molar-refractivity contribution < 1.29 is 19.4 Å². The number of carboxylic acids is 1. The average Bonchev–Trinajstić information content (AvgIpc) is 2.59. The van der Waals surface area contributed by atoms with Crippen LogP contribution < -0.4 is 4.74 Å². The highest BCUT2D eigenvalue weighted by molar-refractivity contribution is 5.90. The van der Waals surface area contributed by atoms with Crippen molar-refractivity contribution in [2.24, 2.45) is 0 Å². The zero-order chi connectivity index (χ0) is 10.1. The van der Waals surface area contributed by atoms with Gasteiger partial charge in [0, 0.05) is 7.11 Å². The highest BCUT2D eigenvalue weighted by Crippen LogP contribution is 2.22. The van der Waals surface area contributed by atoms with Crippen molar-refractivity contribution in [1.29, 1.82) is 0 Å². The SMILES string of the molecule is COC1COc2c(C(=O)O)cnn2C1. The summed E-state index contributed by atoms with van der Waals surface area (Å²) in [6.45, 7) is 0.890. The van der Waals surface area contributed by atoms with Gasteiger partial charge in [-0.3, -0.25) is 0 Å². The molecule has 0 fully saturated rings. The molecule has 6 heteroatoms. The number of hydrogen-bond donors (Lipinski definition) is 1. The van der Waals surface area contributed by atoms with Crippen molar-refractivity contribution in [2.75, 3.05) is 13.7 Å². The van der Waals surface area contributed by atoms with E-state index in [2.05, 4.69) is 5.10 Å². The number of aromatic nitrogens is 2. The van der Waals surface area contributed by atoms with E-state index in [0.717, 1.165) is 0 Å². The minimum Gasteiger partial charge on any atom is -0.477 e. The highest BCUT2D eigenvalue weighted by Gasteiger charge is 2.25. The van der Waals surface area contributed by atoms with Gasteiger partial charge in [-0.2, -0.15) is 5.10 Å². The van der Waals surface area contributed by atoms with Crippen LogP contribution in [-0.4, -0.2) is 40.7 Å². The predicted octanol–water partition coefficient (Wildman–Crippen LogP) is -0.0113. The zero-order valence-corrected chi connectivity index (χ0v) is 7.64. The third-order valence-electron chi connectivity index (χ3n) is 2.14. The maximum absolute atomic E-state index is 10.7. The van der Waals surface area contributed by atoms with Gasteiger partial charge in [-0.15, -0.1) is 0 Å². The zero-order valence-electron chi connectivity index (χ0n) is 7.64. The minimum absolute atomic E-state index is 0.0657. The summed E-state index contributed by atoms with van der Waals surface area (Å²) in [5.74, 6) is -0.715. The summed E-state index contributed by atoms with van der Waals surface area (Å²) in [6, 6.07) is 0.